The summed E-state index contributed by atoms with van der Waals surface area (Å²) >= 11 is 0. The molecule has 4 rings (SSSR count). The minimum atomic E-state index is -4.67. The maximum atomic E-state index is 13.0. The van der Waals surface area contributed by atoms with E-state index in [1.54, 1.807) is 24.5 Å². The van der Waals surface area contributed by atoms with Crippen molar-refractivity contribution in [3.63, 3.8) is 0 Å². The van der Waals surface area contributed by atoms with Crippen molar-refractivity contribution in [3.05, 3.63) is 59.9 Å². The largest absolute Gasteiger partial charge is 0.345 e. The number of aromatic nitrogens is 2. The molecule has 0 unspecified atom stereocenters. The van der Waals surface area contributed by atoms with Crippen LogP contribution in [-0.4, -0.2) is 60.3 Å². The van der Waals surface area contributed by atoms with Gasteiger partial charge < -0.3 is 9.88 Å². The predicted molar refractivity (Wildman–Crippen MR) is 102 cm³/mol. The van der Waals surface area contributed by atoms with Crippen molar-refractivity contribution in [2.75, 3.05) is 26.2 Å². The molecule has 0 radical (unpaired) electrons. The number of amides is 1. The van der Waals surface area contributed by atoms with Gasteiger partial charge in [-0.05, 0) is 35.9 Å². The average Bonchev–Trinajstić information content (AvgIpc) is 3.15. The first-order valence-corrected chi connectivity index (χ1v) is 10.3. The summed E-state index contributed by atoms with van der Waals surface area (Å²) in [6.07, 6.45) is 1.60. The molecule has 146 valence electrons. The molecule has 28 heavy (non-hydrogen) atoms. The standard InChI is InChI=1S/C19H19FN4O3S/c20-28(26,27)16-4-1-14(2-5-16)12-23-7-9-24(10-8-23)19(25)15-3-6-17-18(11-15)22-13-21-17/h1-6,11,13H,7-10,12H2,(H,21,22). The molecule has 1 aliphatic rings. The summed E-state index contributed by atoms with van der Waals surface area (Å²) in [5.74, 6) is -0.00587. The number of fused-ring (bicyclic) bond motifs is 1. The number of piperazine rings is 1. The second-order valence-electron chi connectivity index (χ2n) is 6.78. The summed E-state index contributed by atoms with van der Waals surface area (Å²) in [6, 6.07) is 11.2. The number of carbonyl (C=O) groups excluding carboxylic acids is 1. The van der Waals surface area contributed by atoms with Crippen LogP contribution in [0.5, 0.6) is 0 Å². The fourth-order valence-electron chi connectivity index (χ4n) is 3.38. The van der Waals surface area contributed by atoms with Gasteiger partial charge in [-0.25, -0.2) is 4.98 Å². The van der Waals surface area contributed by atoms with Crippen molar-refractivity contribution in [2.24, 2.45) is 0 Å². The molecule has 0 saturated carbocycles. The monoisotopic (exact) mass is 402 g/mol. The molecule has 0 aliphatic carbocycles. The van der Waals surface area contributed by atoms with E-state index >= 15 is 0 Å². The summed E-state index contributed by atoms with van der Waals surface area (Å²) in [7, 11) is -4.67. The number of aromatic amines is 1. The van der Waals surface area contributed by atoms with Gasteiger partial charge in [0, 0.05) is 38.3 Å². The lowest BCUT2D eigenvalue weighted by Gasteiger charge is -2.34. The number of benzene rings is 2. The van der Waals surface area contributed by atoms with Crippen molar-refractivity contribution >= 4 is 27.2 Å². The fourth-order valence-corrected chi connectivity index (χ4v) is 3.84. The molecule has 1 aliphatic heterocycles. The van der Waals surface area contributed by atoms with Crippen molar-refractivity contribution in [2.45, 2.75) is 11.4 Å². The lowest BCUT2D eigenvalue weighted by Crippen LogP contribution is -2.48. The van der Waals surface area contributed by atoms with E-state index in [0.717, 1.165) is 16.6 Å². The van der Waals surface area contributed by atoms with Gasteiger partial charge in [0.05, 0.1) is 22.3 Å². The first-order chi connectivity index (χ1) is 13.4. The maximum Gasteiger partial charge on any atom is 0.332 e. The average molecular weight is 402 g/mol. The van der Waals surface area contributed by atoms with Gasteiger partial charge in [-0.1, -0.05) is 12.1 Å². The van der Waals surface area contributed by atoms with Crippen LogP contribution in [-0.2, 0) is 16.8 Å². The number of hydrogen-bond acceptors (Lipinski definition) is 5. The number of halogens is 1. The molecule has 3 aromatic rings. The number of rotatable bonds is 4. The Hall–Kier alpha value is -2.78. The molecule has 2 aromatic carbocycles. The lowest BCUT2D eigenvalue weighted by molar-refractivity contribution is 0.0628. The first-order valence-electron chi connectivity index (χ1n) is 8.88. The van der Waals surface area contributed by atoms with Crippen LogP contribution in [0.3, 0.4) is 0 Å². The number of nitrogens with zero attached hydrogens (tertiary/aromatic N) is 3. The Kier molecular flexibility index (Phi) is 4.86. The summed E-state index contributed by atoms with van der Waals surface area (Å²) < 4.78 is 34.7. The Balaban J connectivity index is 1.35. The van der Waals surface area contributed by atoms with Crippen LogP contribution in [0.1, 0.15) is 15.9 Å². The highest BCUT2D eigenvalue weighted by atomic mass is 32.3. The zero-order valence-electron chi connectivity index (χ0n) is 15.0. The Morgan fingerprint density at radius 2 is 1.79 bits per heavy atom. The van der Waals surface area contributed by atoms with E-state index in [9.17, 15) is 17.1 Å². The molecule has 1 N–H and O–H groups in total. The third-order valence-electron chi connectivity index (χ3n) is 4.94. The number of hydrogen-bond donors (Lipinski definition) is 1. The van der Waals surface area contributed by atoms with E-state index in [-0.39, 0.29) is 10.8 Å². The molecule has 1 fully saturated rings. The molecule has 0 bridgehead atoms. The van der Waals surface area contributed by atoms with Crippen LogP contribution < -0.4 is 0 Å². The minimum Gasteiger partial charge on any atom is -0.345 e. The van der Waals surface area contributed by atoms with E-state index < -0.39 is 10.2 Å². The Bertz CT molecular complexity index is 1100. The molecule has 0 atom stereocenters. The number of imidazole rings is 1. The van der Waals surface area contributed by atoms with Crippen LogP contribution in [0.25, 0.3) is 11.0 Å². The van der Waals surface area contributed by atoms with Gasteiger partial charge in [0.15, 0.2) is 0 Å². The van der Waals surface area contributed by atoms with Crippen molar-refractivity contribution < 1.29 is 17.1 Å². The second-order valence-corrected chi connectivity index (χ2v) is 8.13. The van der Waals surface area contributed by atoms with Gasteiger partial charge >= 0.3 is 10.2 Å². The fraction of sp³-hybridized carbons (Fsp3) is 0.263. The van der Waals surface area contributed by atoms with E-state index in [2.05, 4.69) is 14.9 Å². The summed E-state index contributed by atoms with van der Waals surface area (Å²) in [6.45, 7) is 3.25. The van der Waals surface area contributed by atoms with Gasteiger partial charge in [-0.15, -0.1) is 3.89 Å². The van der Waals surface area contributed by atoms with Gasteiger partial charge in [0.1, 0.15) is 0 Å². The minimum absolute atomic E-state index is 0.00587. The van der Waals surface area contributed by atoms with Crippen LogP contribution in [0.4, 0.5) is 3.89 Å². The quantitative estimate of drug-likeness (QED) is 0.676. The molecule has 2 heterocycles. The molecule has 0 spiro atoms. The predicted octanol–water partition coefficient (Wildman–Crippen LogP) is 2.18. The number of H-pyrrole nitrogens is 1. The third-order valence-corrected chi connectivity index (χ3v) is 5.77. The topological polar surface area (TPSA) is 86.4 Å². The highest BCUT2D eigenvalue weighted by Crippen LogP contribution is 2.17. The van der Waals surface area contributed by atoms with Crippen molar-refractivity contribution in [1.29, 1.82) is 0 Å². The van der Waals surface area contributed by atoms with Gasteiger partial charge in [0.25, 0.3) is 5.91 Å². The second kappa shape index (κ2) is 7.33. The maximum absolute atomic E-state index is 13.0. The smallest absolute Gasteiger partial charge is 0.332 e. The summed E-state index contributed by atoms with van der Waals surface area (Å²) in [5.41, 5.74) is 3.20. The lowest BCUT2D eigenvalue weighted by atomic mass is 10.1. The van der Waals surface area contributed by atoms with Gasteiger partial charge in [0.2, 0.25) is 0 Å². The van der Waals surface area contributed by atoms with Crippen LogP contribution in [0.2, 0.25) is 0 Å². The molecule has 1 aromatic heterocycles. The SMILES string of the molecule is O=C(c1ccc2nc[nH]c2c1)N1CCN(Cc2ccc(S(=O)(=O)F)cc2)CC1. The summed E-state index contributed by atoms with van der Waals surface area (Å²) in [5, 5.41) is 0. The summed E-state index contributed by atoms with van der Waals surface area (Å²) in [4.78, 5) is 23.6. The van der Waals surface area contributed by atoms with Crippen LogP contribution in [0, 0.1) is 0 Å². The zero-order chi connectivity index (χ0) is 19.7. The van der Waals surface area contributed by atoms with E-state index in [1.807, 2.05) is 17.0 Å². The zero-order valence-corrected chi connectivity index (χ0v) is 15.8. The number of carbonyl (C=O) groups is 1. The molecule has 1 saturated heterocycles. The van der Waals surface area contributed by atoms with E-state index in [4.69, 9.17) is 0 Å². The molecular formula is C19H19FN4O3S. The van der Waals surface area contributed by atoms with E-state index in [0.29, 0.717) is 38.3 Å². The molecule has 7 nitrogen and oxygen atoms in total. The van der Waals surface area contributed by atoms with E-state index in [1.165, 1.54) is 12.1 Å². The van der Waals surface area contributed by atoms with Gasteiger partial charge in [-0.2, -0.15) is 8.42 Å². The molecule has 1 amide bonds. The first kappa shape index (κ1) is 18.6. The Morgan fingerprint density at radius 1 is 1.07 bits per heavy atom. The van der Waals surface area contributed by atoms with Crippen molar-refractivity contribution in [3.8, 4) is 0 Å². The van der Waals surface area contributed by atoms with Crippen LogP contribution >= 0.6 is 0 Å². The van der Waals surface area contributed by atoms with Crippen molar-refractivity contribution in [1.82, 2.24) is 19.8 Å². The highest BCUT2D eigenvalue weighted by molar-refractivity contribution is 7.86. The van der Waals surface area contributed by atoms with Crippen LogP contribution in [0.15, 0.2) is 53.7 Å². The third kappa shape index (κ3) is 3.90. The normalized spacial score (nSPS) is 15.8. The highest BCUT2D eigenvalue weighted by Gasteiger charge is 2.22. The number of nitrogens with one attached hydrogen (secondary N) is 1. The van der Waals surface area contributed by atoms with Gasteiger partial charge in [-0.3, -0.25) is 9.69 Å². The molecule has 9 heteroatoms. The Morgan fingerprint density at radius 3 is 2.46 bits per heavy atom. The Labute approximate surface area is 162 Å². The molecular weight excluding hydrogens is 383 g/mol.